The van der Waals surface area contributed by atoms with Crippen LogP contribution in [-0.2, 0) is 11.2 Å². The standard InChI is InChI=1S/C13H19N3O4/c1-4-10-9(5-8(2)15-16-10)12(19)14-7-13(3,20)6-11(17)18/h5,20H,4,6-7H2,1-3H3,(H,14,19)(H,17,18). The Morgan fingerprint density at radius 2 is 2.05 bits per heavy atom. The molecule has 0 aliphatic rings. The Kier molecular flexibility index (Phi) is 5.15. The molecule has 0 aliphatic carbocycles. The normalized spacial score (nSPS) is 13.6. The van der Waals surface area contributed by atoms with Crippen LogP contribution in [-0.4, -0.2) is 44.4 Å². The second kappa shape index (κ2) is 6.42. The van der Waals surface area contributed by atoms with E-state index in [-0.39, 0.29) is 6.54 Å². The maximum Gasteiger partial charge on any atom is 0.306 e. The van der Waals surface area contributed by atoms with Gasteiger partial charge in [0.05, 0.1) is 29.0 Å². The van der Waals surface area contributed by atoms with E-state index in [2.05, 4.69) is 15.5 Å². The van der Waals surface area contributed by atoms with Crippen molar-refractivity contribution in [2.75, 3.05) is 6.54 Å². The van der Waals surface area contributed by atoms with E-state index >= 15 is 0 Å². The molecule has 0 fully saturated rings. The molecule has 0 radical (unpaired) electrons. The van der Waals surface area contributed by atoms with Crippen LogP contribution in [0.25, 0.3) is 0 Å². The summed E-state index contributed by atoms with van der Waals surface area (Å²) in [6.07, 6.45) is 0.114. The second-order valence-electron chi connectivity index (χ2n) is 4.95. The van der Waals surface area contributed by atoms with E-state index in [0.717, 1.165) is 0 Å². The average Bonchev–Trinajstić information content (AvgIpc) is 2.34. The van der Waals surface area contributed by atoms with Crippen LogP contribution in [0.2, 0.25) is 0 Å². The number of carboxylic acids is 1. The van der Waals surface area contributed by atoms with E-state index in [0.29, 0.717) is 23.4 Å². The largest absolute Gasteiger partial charge is 0.481 e. The molecular formula is C13H19N3O4. The van der Waals surface area contributed by atoms with Gasteiger partial charge in [0.15, 0.2) is 0 Å². The zero-order chi connectivity index (χ0) is 15.3. The highest BCUT2D eigenvalue weighted by molar-refractivity contribution is 5.95. The summed E-state index contributed by atoms with van der Waals surface area (Å²) in [5.74, 6) is -1.52. The molecule has 1 aromatic heterocycles. The topological polar surface area (TPSA) is 112 Å². The molecule has 20 heavy (non-hydrogen) atoms. The fourth-order valence-electron chi connectivity index (χ4n) is 1.73. The predicted octanol–water partition coefficient (Wildman–Crippen LogP) is 0.303. The summed E-state index contributed by atoms with van der Waals surface area (Å²) in [4.78, 5) is 22.7. The third kappa shape index (κ3) is 4.58. The van der Waals surface area contributed by atoms with Gasteiger partial charge in [-0.05, 0) is 26.3 Å². The van der Waals surface area contributed by atoms with Gasteiger partial charge >= 0.3 is 5.97 Å². The number of rotatable bonds is 6. The molecule has 110 valence electrons. The van der Waals surface area contributed by atoms with Crippen molar-refractivity contribution >= 4 is 11.9 Å². The number of carboxylic acid groups (broad SMARTS) is 1. The first-order chi connectivity index (χ1) is 9.25. The van der Waals surface area contributed by atoms with Crippen molar-refractivity contribution in [1.82, 2.24) is 15.5 Å². The minimum Gasteiger partial charge on any atom is -0.481 e. The fourth-order valence-corrected chi connectivity index (χ4v) is 1.73. The van der Waals surface area contributed by atoms with Gasteiger partial charge in [-0.15, -0.1) is 0 Å². The number of aliphatic hydroxyl groups is 1. The number of nitrogens with zero attached hydrogens (tertiary/aromatic N) is 2. The van der Waals surface area contributed by atoms with Gasteiger partial charge in [0.2, 0.25) is 0 Å². The molecule has 1 amide bonds. The Morgan fingerprint density at radius 1 is 1.40 bits per heavy atom. The Balaban J connectivity index is 2.77. The number of amides is 1. The monoisotopic (exact) mass is 281 g/mol. The van der Waals surface area contributed by atoms with E-state index < -0.39 is 23.9 Å². The summed E-state index contributed by atoms with van der Waals surface area (Å²) in [6, 6.07) is 1.62. The van der Waals surface area contributed by atoms with Gasteiger partial charge in [0, 0.05) is 6.54 Å². The van der Waals surface area contributed by atoms with Crippen LogP contribution in [0.1, 0.15) is 42.0 Å². The summed E-state index contributed by atoms with van der Waals surface area (Å²) in [5.41, 5.74) is 0.0744. The van der Waals surface area contributed by atoms with Crippen LogP contribution >= 0.6 is 0 Å². The molecule has 0 spiro atoms. The molecule has 1 aromatic rings. The predicted molar refractivity (Wildman–Crippen MR) is 71.4 cm³/mol. The van der Waals surface area contributed by atoms with Crippen LogP contribution < -0.4 is 5.32 Å². The third-order valence-corrected chi connectivity index (χ3v) is 2.73. The quantitative estimate of drug-likeness (QED) is 0.691. The second-order valence-corrected chi connectivity index (χ2v) is 4.95. The lowest BCUT2D eigenvalue weighted by atomic mass is 10.0. The fraction of sp³-hybridized carbons (Fsp3) is 0.538. The third-order valence-electron chi connectivity index (χ3n) is 2.73. The van der Waals surface area contributed by atoms with Crippen LogP contribution in [0, 0.1) is 6.92 Å². The zero-order valence-electron chi connectivity index (χ0n) is 11.8. The van der Waals surface area contributed by atoms with Gasteiger partial charge in [0.1, 0.15) is 0 Å². The van der Waals surface area contributed by atoms with Crippen molar-refractivity contribution in [3.8, 4) is 0 Å². The van der Waals surface area contributed by atoms with Gasteiger partial charge in [-0.2, -0.15) is 10.2 Å². The van der Waals surface area contributed by atoms with E-state index in [4.69, 9.17) is 5.11 Å². The van der Waals surface area contributed by atoms with Gasteiger partial charge in [-0.3, -0.25) is 9.59 Å². The molecule has 0 aromatic carbocycles. The number of aryl methyl sites for hydroxylation is 2. The van der Waals surface area contributed by atoms with Crippen LogP contribution in [0.3, 0.4) is 0 Å². The van der Waals surface area contributed by atoms with Gasteiger partial charge in [0.25, 0.3) is 5.91 Å². The Bertz CT molecular complexity index is 514. The van der Waals surface area contributed by atoms with Crippen molar-refractivity contribution in [1.29, 1.82) is 0 Å². The first-order valence-corrected chi connectivity index (χ1v) is 6.30. The van der Waals surface area contributed by atoms with Gasteiger partial charge in [-0.25, -0.2) is 0 Å². The molecular weight excluding hydrogens is 262 g/mol. The molecule has 1 heterocycles. The molecule has 0 aliphatic heterocycles. The molecule has 1 atom stereocenters. The van der Waals surface area contributed by atoms with Crippen molar-refractivity contribution < 1.29 is 19.8 Å². The molecule has 0 saturated carbocycles. The summed E-state index contributed by atoms with van der Waals surface area (Å²) < 4.78 is 0. The van der Waals surface area contributed by atoms with Crippen LogP contribution in [0.15, 0.2) is 6.07 Å². The van der Waals surface area contributed by atoms with Gasteiger partial charge in [-0.1, -0.05) is 6.92 Å². The minimum atomic E-state index is -1.50. The Hall–Kier alpha value is -2.02. The average molecular weight is 281 g/mol. The van der Waals surface area contributed by atoms with E-state index in [1.165, 1.54) is 6.92 Å². The number of nitrogens with one attached hydrogen (secondary N) is 1. The number of carbonyl (C=O) groups is 2. The van der Waals surface area contributed by atoms with Crippen molar-refractivity contribution in [2.45, 2.75) is 39.2 Å². The summed E-state index contributed by atoms with van der Waals surface area (Å²) >= 11 is 0. The first kappa shape index (κ1) is 16.0. The summed E-state index contributed by atoms with van der Waals surface area (Å²) in [6.45, 7) is 4.79. The first-order valence-electron chi connectivity index (χ1n) is 6.30. The highest BCUT2D eigenvalue weighted by Gasteiger charge is 2.25. The van der Waals surface area contributed by atoms with E-state index in [1.807, 2.05) is 6.92 Å². The molecule has 1 rings (SSSR count). The highest BCUT2D eigenvalue weighted by Crippen LogP contribution is 2.10. The number of aromatic nitrogens is 2. The van der Waals surface area contributed by atoms with Crippen molar-refractivity contribution in [2.24, 2.45) is 0 Å². The molecule has 1 unspecified atom stereocenters. The van der Waals surface area contributed by atoms with Crippen molar-refractivity contribution in [3.63, 3.8) is 0 Å². The summed E-state index contributed by atoms with van der Waals surface area (Å²) in [5, 5.41) is 28.9. The molecule has 0 saturated heterocycles. The number of hydrogen-bond donors (Lipinski definition) is 3. The molecule has 7 nitrogen and oxygen atoms in total. The minimum absolute atomic E-state index is 0.150. The Morgan fingerprint density at radius 3 is 2.60 bits per heavy atom. The zero-order valence-corrected chi connectivity index (χ0v) is 11.8. The van der Waals surface area contributed by atoms with Crippen molar-refractivity contribution in [3.05, 3.63) is 23.0 Å². The maximum atomic E-state index is 12.1. The molecule has 0 bridgehead atoms. The van der Waals surface area contributed by atoms with Gasteiger partial charge < -0.3 is 15.5 Å². The van der Waals surface area contributed by atoms with Crippen LogP contribution in [0.5, 0.6) is 0 Å². The highest BCUT2D eigenvalue weighted by atomic mass is 16.4. The van der Waals surface area contributed by atoms with E-state index in [9.17, 15) is 14.7 Å². The SMILES string of the molecule is CCc1nnc(C)cc1C(=O)NCC(C)(O)CC(=O)O. The van der Waals surface area contributed by atoms with E-state index in [1.54, 1.807) is 13.0 Å². The van der Waals surface area contributed by atoms with Crippen LogP contribution in [0.4, 0.5) is 0 Å². The maximum absolute atomic E-state index is 12.1. The summed E-state index contributed by atoms with van der Waals surface area (Å²) in [7, 11) is 0. The lowest BCUT2D eigenvalue weighted by Gasteiger charge is -2.21. The lowest BCUT2D eigenvalue weighted by molar-refractivity contribution is -0.141. The lowest BCUT2D eigenvalue weighted by Crippen LogP contribution is -2.42. The molecule has 7 heteroatoms. The number of aliphatic carboxylic acids is 1. The Labute approximate surface area is 117 Å². The smallest absolute Gasteiger partial charge is 0.306 e. The number of hydrogen-bond acceptors (Lipinski definition) is 5. The molecule has 3 N–H and O–H groups in total. The number of carbonyl (C=O) groups excluding carboxylic acids is 1.